The summed E-state index contributed by atoms with van der Waals surface area (Å²) in [4.78, 5) is 68.9. The number of hydrogen-bond donors (Lipinski definition) is 3. The molecule has 2 fully saturated rings. The number of ether oxygens (including phenoxy) is 2. The molecule has 3 aliphatic heterocycles. The number of nitrogens with one attached hydrogen (secondary N) is 2. The minimum atomic E-state index is -1.46. The average Bonchev–Trinajstić information content (AvgIpc) is 3.26. The lowest BCUT2D eigenvalue weighted by Gasteiger charge is -2.30. The zero-order valence-electron chi connectivity index (χ0n) is 25.8. The monoisotopic (exact) mass is 644 g/mol. The van der Waals surface area contributed by atoms with E-state index in [1.165, 1.54) is 9.80 Å². The molecular weight excluding hydrogens is 604 g/mol. The Morgan fingerprint density at radius 1 is 1.11 bits per heavy atom. The molecule has 0 radical (unpaired) electrons. The van der Waals surface area contributed by atoms with Gasteiger partial charge < -0.3 is 30.1 Å². The Kier molecular flexibility index (Phi) is 9.34. The zero-order chi connectivity index (χ0) is 32.5. The van der Waals surface area contributed by atoms with Crippen molar-refractivity contribution in [2.24, 2.45) is 5.92 Å². The molecular formula is C32H41ClN4O8. The summed E-state index contributed by atoms with van der Waals surface area (Å²) < 4.78 is 11.2. The molecule has 3 heterocycles. The molecule has 3 N–H and O–H groups in total. The van der Waals surface area contributed by atoms with Crippen molar-refractivity contribution in [3.05, 3.63) is 46.5 Å². The number of fused-ring (bicyclic) bond motifs is 3. The van der Waals surface area contributed by atoms with Crippen LogP contribution >= 0.6 is 11.6 Å². The van der Waals surface area contributed by atoms with Gasteiger partial charge in [0.25, 0.3) is 0 Å². The lowest BCUT2D eigenvalue weighted by atomic mass is 10.0. The van der Waals surface area contributed by atoms with Gasteiger partial charge in [-0.3, -0.25) is 14.5 Å². The number of carbonyl (C=O) groups excluding carboxylic acids is 4. The Labute approximate surface area is 267 Å². The van der Waals surface area contributed by atoms with Crippen molar-refractivity contribution in [3.8, 4) is 0 Å². The molecule has 0 spiro atoms. The van der Waals surface area contributed by atoms with Crippen LogP contribution in [0.3, 0.4) is 0 Å². The van der Waals surface area contributed by atoms with Crippen LogP contribution in [0.15, 0.2) is 30.4 Å². The summed E-state index contributed by atoms with van der Waals surface area (Å²) >= 11 is 6.11. The van der Waals surface area contributed by atoms with Crippen LogP contribution in [-0.4, -0.2) is 80.7 Å². The van der Waals surface area contributed by atoms with Gasteiger partial charge in [0.05, 0.1) is 6.54 Å². The summed E-state index contributed by atoms with van der Waals surface area (Å²) in [5.74, 6) is -2.68. The van der Waals surface area contributed by atoms with Crippen LogP contribution in [0, 0.1) is 5.92 Å². The van der Waals surface area contributed by atoms with E-state index < -0.39 is 59.3 Å². The fourth-order valence-electron chi connectivity index (χ4n) is 6.31. The number of carboxylic acid groups (broad SMARTS) is 1. The number of hydrogen-bond acceptors (Lipinski definition) is 7. The highest BCUT2D eigenvalue weighted by atomic mass is 35.5. The minimum absolute atomic E-state index is 0.0225. The summed E-state index contributed by atoms with van der Waals surface area (Å²) in [7, 11) is 0. The Hall–Kier alpha value is -3.80. The summed E-state index contributed by atoms with van der Waals surface area (Å²) in [5, 5.41) is 16.0. The van der Waals surface area contributed by atoms with Gasteiger partial charge in [-0.2, -0.15) is 0 Å². The Bertz CT molecular complexity index is 1390. The van der Waals surface area contributed by atoms with Crippen molar-refractivity contribution in [2.75, 3.05) is 6.54 Å². The normalized spacial score (nSPS) is 28.5. The van der Waals surface area contributed by atoms with Crippen LogP contribution in [0.1, 0.15) is 76.8 Å². The first-order chi connectivity index (χ1) is 21.3. The minimum Gasteiger partial charge on any atom is -0.479 e. The number of amides is 4. The third kappa shape index (κ3) is 7.54. The lowest BCUT2D eigenvalue weighted by molar-refractivity contribution is -0.145. The molecule has 13 heteroatoms. The first kappa shape index (κ1) is 32.6. The van der Waals surface area contributed by atoms with Gasteiger partial charge in [0.1, 0.15) is 29.3 Å². The van der Waals surface area contributed by atoms with Crippen molar-refractivity contribution in [1.82, 2.24) is 20.4 Å². The molecule has 1 aliphatic carbocycles. The van der Waals surface area contributed by atoms with E-state index in [0.717, 1.165) is 30.4 Å². The molecule has 1 aromatic carbocycles. The van der Waals surface area contributed by atoms with Gasteiger partial charge in [0.2, 0.25) is 11.8 Å². The fraction of sp³-hybridized carbons (Fsp3) is 0.594. The number of aliphatic carboxylic acids is 1. The van der Waals surface area contributed by atoms with Crippen LogP contribution < -0.4 is 10.6 Å². The summed E-state index contributed by atoms with van der Waals surface area (Å²) in [6.07, 6.45) is 5.08. The van der Waals surface area contributed by atoms with Crippen molar-refractivity contribution in [3.63, 3.8) is 0 Å². The molecule has 244 valence electrons. The zero-order valence-corrected chi connectivity index (χ0v) is 26.6. The summed E-state index contributed by atoms with van der Waals surface area (Å²) in [5.41, 5.74) is -0.390. The Morgan fingerprint density at radius 2 is 1.87 bits per heavy atom. The number of carboxylic acids is 1. The smallest absolute Gasteiger partial charge is 0.410 e. The van der Waals surface area contributed by atoms with Gasteiger partial charge in [-0.25, -0.2) is 14.4 Å². The van der Waals surface area contributed by atoms with Crippen molar-refractivity contribution in [2.45, 2.75) is 108 Å². The first-order valence-corrected chi connectivity index (χ1v) is 15.9. The summed E-state index contributed by atoms with van der Waals surface area (Å²) in [6, 6.07) is 3.31. The lowest BCUT2D eigenvalue weighted by Crippen LogP contribution is -2.56. The molecule has 12 nitrogen and oxygen atoms in total. The van der Waals surface area contributed by atoms with Gasteiger partial charge >= 0.3 is 18.2 Å². The van der Waals surface area contributed by atoms with E-state index in [1.807, 2.05) is 18.2 Å². The van der Waals surface area contributed by atoms with Crippen molar-refractivity contribution >= 4 is 41.6 Å². The first-order valence-electron chi connectivity index (χ1n) is 15.5. The van der Waals surface area contributed by atoms with Crippen LogP contribution in [0.25, 0.3) is 0 Å². The van der Waals surface area contributed by atoms with E-state index in [9.17, 15) is 29.1 Å². The van der Waals surface area contributed by atoms with Crippen LogP contribution in [-0.2, 0) is 36.9 Å². The third-order valence-corrected chi connectivity index (χ3v) is 8.96. The van der Waals surface area contributed by atoms with Crippen molar-refractivity contribution < 1.29 is 38.6 Å². The highest BCUT2D eigenvalue weighted by molar-refractivity contribution is 6.30. The van der Waals surface area contributed by atoms with Crippen LogP contribution in [0.5, 0.6) is 0 Å². The van der Waals surface area contributed by atoms with E-state index >= 15 is 0 Å². The third-order valence-electron chi connectivity index (χ3n) is 8.73. The second-order valence-corrected chi connectivity index (χ2v) is 13.8. The van der Waals surface area contributed by atoms with Gasteiger partial charge in [0, 0.05) is 30.5 Å². The SMILES string of the molecule is CC(C)(C)OC(=O)N[C@@H]1CCCCCC=C[C@@H]2C[C@@]2(C(=O)O)NC(=O)[C@@H]2C[C@@H](OC(=O)N3Cc4ccc(Cl)cc4C3)CN2C1=O. The average molecular weight is 645 g/mol. The number of rotatable bonds is 3. The maximum Gasteiger partial charge on any atom is 0.410 e. The molecule has 0 unspecified atom stereocenters. The van der Waals surface area contributed by atoms with E-state index in [0.29, 0.717) is 31.0 Å². The number of halogens is 1. The molecule has 5 rings (SSSR count). The molecule has 5 atom stereocenters. The second kappa shape index (κ2) is 12.9. The predicted molar refractivity (Wildman–Crippen MR) is 163 cm³/mol. The maximum absolute atomic E-state index is 14.1. The van der Waals surface area contributed by atoms with E-state index in [4.69, 9.17) is 21.1 Å². The highest BCUT2D eigenvalue weighted by Crippen LogP contribution is 2.45. The molecule has 45 heavy (non-hydrogen) atoms. The quantitative estimate of drug-likeness (QED) is 0.415. The fourth-order valence-corrected chi connectivity index (χ4v) is 6.50. The molecule has 4 amide bonds. The number of carbonyl (C=O) groups is 5. The number of nitrogens with zero attached hydrogens (tertiary/aromatic N) is 2. The van der Waals surface area contributed by atoms with E-state index in [-0.39, 0.29) is 25.3 Å². The predicted octanol–water partition coefficient (Wildman–Crippen LogP) is 4.13. The second-order valence-electron chi connectivity index (χ2n) is 13.4. The summed E-state index contributed by atoms with van der Waals surface area (Å²) in [6.45, 7) is 5.71. The molecule has 4 aliphatic rings. The van der Waals surface area contributed by atoms with Gasteiger partial charge in [-0.05, 0) is 69.7 Å². The number of benzene rings is 1. The highest BCUT2D eigenvalue weighted by Gasteiger charge is 2.61. The van der Waals surface area contributed by atoms with Crippen LogP contribution in [0.4, 0.5) is 9.59 Å². The number of alkyl carbamates (subject to hydrolysis) is 1. The van der Waals surface area contributed by atoms with E-state index in [2.05, 4.69) is 10.6 Å². The molecule has 1 saturated heterocycles. The Balaban J connectivity index is 1.36. The van der Waals surface area contributed by atoms with Crippen molar-refractivity contribution in [1.29, 1.82) is 0 Å². The van der Waals surface area contributed by atoms with Gasteiger partial charge in [0.15, 0.2) is 0 Å². The maximum atomic E-state index is 14.1. The molecule has 0 aromatic heterocycles. The van der Waals surface area contributed by atoms with Gasteiger partial charge in [-0.15, -0.1) is 0 Å². The molecule has 1 aromatic rings. The largest absolute Gasteiger partial charge is 0.479 e. The standard InChI is InChI=1S/C32H41ClN4O8/c1-31(2,3)45-29(42)34-24-10-8-6-4-5-7-9-21-15-32(21,28(40)41)35-26(38)25-14-23(18-37(25)27(24)39)44-30(43)36-16-19-11-12-22(33)13-20(19)17-36/h7,9,11-13,21,23-25H,4-6,8,10,14-18H2,1-3H3,(H,34,42)(H,35,38)(H,40,41)/t21-,23-,24-,25+,32-/m1/s1. The van der Waals surface area contributed by atoms with E-state index in [1.54, 1.807) is 32.9 Å². The van der Waals surface area contributed by atoms with Crippen LogP contribution in [0.2, 0.25) is 5.02 Å². The molecule has 0 bridgehead atoms. The number of allylic oxidation sites excluding steroid dienone is 1. The Morgan fingerprint density at radius 3 is 2.60 bits per heavy atom. The topological polar surface area (TPSA) is 155 Å². The molecule has 1 saturated carbocycles. The van der Waals surface area contributed by atoms with Gasteiger partial charge in [-0.1, -0.05) is 42.7 Å².